The summed E-state index contributed by atoms with van der Waals surface area (Å²) < 4.78 is 132. The first kappa shape index (κ1) is 33.9. The first-order valence-electron chi connectivity index (χ1n) is 14.8. The fourth-order valence-corrected chi connectivity index (χ4v) is 8.61. The van der Waals surface area contributed by atoms with Crippen LogP contribution in [0.25, 0.3) is 0 Å². The molecule has 0 N–H and O–H groups in total. The fraction of sp³-hybridized carbons (Fsp3) is 0.424. The maximum atomic E-state index is 14.5. The lowest BCUT2D eigenvalue weighted by Crippen LogP contribution is -2.55. The maximum Gasteiger partial charge on any atom is 0.430 e. The molecule has 0 spiro atoms. The predicted octanol–water partition coefficient (Wildman–Crippen LogP) is 7.84. The molecule has 3 aromatic carbocycles. The molecule has 0 aromatic heterocycles. The van der Waals surface area contributed by atoms with Crippen LogP contribution in [0, 0.1) is 11.7 Å². The van der Waals surface area contributed by atoms with Gasteiger partial charge in [0, 0.05) is 24.6 Å². The van der Waals surface area contributed by atoms with Crippen molar-refractivity contribution >= 4 is 15.7 Å². The lowest BCUT2D eigenvalue weighted by atomic mass is 9.88. The highest BCUT2D eigenvalue weighted by molar-refractivity contribution is 7.92. The average molecular weight is 672 g/mol. The zero-order chi connectivity index (χ0) is 33.4. The summed E-state index contributed by atoms with van der Waals surface area (Å²) in [5.41, 5.74) is -6.03. The van der Waals surface area contributed by atoms with Gasteiger partial charge in [-0.2, -0.15) is 26.3 Å². The van der Waals surface area contributed by atoms with Crippen LogP contribution < -0.4 is 0 Å². The Balaban J connectivity index is 1.58. The second kappa shape index (κ2) is 12.6. The summed E-state index contributed by atoms with van der Waals surface area (Å²) >= 11 is 0. The van der Waals surface area contributed by atoms with Crippen LogP contribution in [0.5, 0.6) is 0 Å². The smallest absolute Gasteiger partial charge is 0.349 e. The van der Waals surface area contributed by atoms with Gasteiger partial charge in [0.1, 0.15) is 10.6 Å². The van der Waals surface area contributed by atoms with Crippen molar-refractivity contribution in [2.75, 3.05) is 13.1 Å². The summed E-state index contributed by atoms with van der Waals surface area (Å²) in [6, 6.07) is 14.0. The lowest BCUT2D eigenvalue weighted by Gasteiger charge is -2.38. The van der Waals surface area contributed by atoms with Crippen LogP contribution in [0.3, 0.4) is 0 Å². The number of likely N-dealkylation sites (tertiary alicyclic amines) is 1. The van der Waals surface area contributed by atoms with Crippen LogP contribution in [0.15, 0.2) is 83.8 Å². The Bertz CT molecular complexity index is 1610. The molecule has 1 aliphatic carbocycles. The van der Waals surface area contributed by atoms with Crippen molar-refractivity contribution in [3.8, 4) is 0 Å². The number of nitrogens with zero attached hydrogens (tertiary/aromatic N) is 1. The SMILES string of the molecule is O=C(C1CCCCC1)N1CC[C@](c2ccc(C(OCc3ccccc3)(C(F)(F)F)C(F)(F)F)cc2)(S(=O)(=O)c2ccc(F)cc2)C1. The molecular weight excluding hydrogens is 639 g/mol. The number of carbonyl (C=O) groups excluding carboxylic acids is 1. The molecule has 1 saturated heterocycles. The quantitative estimate of drug-likeness (QED) is 0.181. The van der Waals surface area contributed by atoms with Crippen molar-refractivity contribution in [3.63, 3.8) is 0 Å². The van der Waals surface area contributed by atoms with Crippen molar-refractivity contribution in [1.29, 1.82) is 0 Å². The van der Waals surface area contributed by atoms with Gasteiger partial charge in [-0.25, -0.2) is 12.8 Å². The normalized spacial score (nSPS) is 20.2. The van der Waals surface area contributed by atoms with E-state index in [0.29, 0.717) is 25.0 Å². The van der Waals surface area contributed by atoms with Crippen LogP contribution in [0.4, 0.5) is 30.7 Å². The Kier molecular flexibility index (Phi) is 9.31. The summed E-state index contributed by atoms with van der Waals surface area (Å²) in [6.07, 6.45) is -8.12. The van der Waals surface area contributed by atoms with Gasteiger partial charge >= 0.3 is 12.4 Å². The van der Waals surface area contributed by atoms with Crippen molar-refractivity contribution in [2.24, 2.45) is 5.92 Å². The van der Waals surface area contributed by atoms with E-state index in [2.05, 4.69) is 0 Å². The maximum absolute atomic E-state index is 14.5. The second-order valence-electron chi connectivity index (χ2n) is 11.8. The standard InChI is InChI=1S/C33H32F7NO4S/c34-27-15-17-28(18-16-27)46(43,44)30(19-20-41(22-30)29(42)24-9-5-2-6-10-24)25-11-13-26(14-12-25)31(32(35,36)37,33(38,39)40)45-21-23-7-3-1-4-8-23/h1,3-4,7-8,11-18,24H,2,5-6,9-10,19-22H2/t30-/m0/s1. The molecule has 46 heavy (non-hydrogen) atoms. The third-order valence-electron chi connectivity index (χ3n) is 9.05. The minimum atomic E-state index is -5.95. The summed E-state index contributed by atoms with van der Waals surface area (Å²) in [5, 5.41) is 0. The average Bonchev–Trinajstić information content (AvgIpc) is 3.49. The Hall–Kier alpha value is -3.45. The molecule has 5 nitrogen and oxygen atoms in total. The monoisotopic (exact) mass is 671 g/mol. The van der Waals surface area contributed by atoms with E-state index in [-0.39, 0.29) is 47.4 Å². The lowest BCUT2D eigenvalue weighted by molar-refractivity contribution is -0.392. The summed E-state index contributed by atoms with van der Waals surface area (Å²) in [6.45, 7) is -1.37. The summed E-state index contributed by atoms with van der Waals surface area (Å²) in [7, 11) is -4.45. The van der Waals surface area contributed by atoms with Crippen molar-refractivity contribution in [2.45, 2.75) is 72.7 Å². The van der Waals surface area contributed by atoms with Gasteiger partial charge in [-0.15, -0.1) is 0 Å². The molecule has 1 heterocycles. The molecule has 1 aliphatic heterocycles. The molecule has 5 rings (SSSR count). The highest BCUT2D eigenvalue weighted by Gasteiger charge is 2.73. The van der Waals surface area contributed by atoms with Gasteiger partial charge in [0.2, 0.25) is 5.91 Å². The molecule has 3 aromatic rings. The molecule has 0 bridgehead atoms. The highest BCUT2D eigenvalue weighted by Crippen LogP contribution is 2.54. The minimum Gasteiger partial charge on any atom is -0.349 e. The Morgan fingerprint density at radius 3 is 1.98 bits per heavy atom. The predicted molar refractivity (Wildman–Crippen MR) is 154 cm³/mol. The molecule has 1 amide bonds. The van der Waals surface area contributed by atoms with Gasteiger partial charge < -0.3 is 9.64 Å². The third kappa shape index (κ3) is 6.03. The second-order valence-corrected chi connectivity index (χ2v) is 14.1. The zero-order valence-electron chi connectivity index (χ0n) is 24.6. The van der Waals surface area contributed by atoms with Gasteiger partial charge in [-0.1, -0.05) is 73.9 Å². The van der Waals surface area contributed by atoms with Gasteiger partial charge in [-0.3, -0.25) is 4.79 Å². The van der Waals surface area contributed by atoms with Crippen molar-refractivity contribution in [1.82, 2.24) is 4.90 Å². The van der Waals surface area contributed by atoms with Crippen molar-refractivity contribution in [3.05, 3.63) is 101 Å². The van der Waals surface area contributed by atoms with Gasteiger partial charge in [0.15, 0.2) is 9.84 Å². The number of rotatable bonds is 8. The number of benzene rings is 3. The number of sulfone groups is 1. The molecule has 248 valence electrons. The highest BCUT2D eigenvalue weighted by atomic mass is 32.2. The third-order valence-corrected chi connectivity index (χ3v) is 11.5. The first-order valence-corrected chi connectivity index (χ1v) is 16.3. The number of hydrogen-bond acceptors (Lipinski definition) is 4. The van der Waals surface area contributed by atoms with Gasteiger partial charge in [-0.05, 0) is 54.7 Å². The number of carbonyl (C=O) groups is 1. The number of amides is 1. The van der Waals surface area contributed by atoms with Crippen LogP contribution in [0.2, 0.25) is 0 Å². The summed E-state index contributed by atoms with van der Waals surface area (Å²) in [5.74, 6) is -1.25. The molecule has 2 fully saturated rings. The van der Waals surface area contributed by atoms with E-state index in [9.17, 15) is 43.9 Å². The van der Waals surface area contributed by atoms with E-state index in [4.69, 9.17) is 4.74 Å². The van der Waals surface area contributed by atoms with Crippen LogP contribution >= 0.6 is 0 Å². The molecular formula is C33H32F7NO4S. The topological polar surface area (TPSA) is 63.7 Å². The largest absolute Gasteiger partial charge is 0.430 e. The van der Waals surface area contributed by atoms with Crippen molar-refractivity contribution < 1.29 is 48.7 Å². The number of halogens is 7. The molecule has 1 atom stereocenters. The van der Waals surface area contributed by atoms with Crippen LogP contribution in [-0.4, -0.2) is 44.7 Å². The molecule has 1 saturated carbocycles. The Morgan fingerprint density at radius 2 is 1.41 bits per heavy atom. The fourth-order valence-electron chi connectivity index (χ4n) is 6.54. The van der Waals surface area contributed by atoms with Crippen LogP contribution in [0.1, 0.15) is 55.2 Å². The van der Waals surface area contributed by atoms with E-state index in [1.54, 1.807) is 6.07 Å². The number of ether oxygens (including phenoxy) is 1. The zero-order valence-corrected chi connectivity index (χ0v) is 25.4. The Labute approximate surface area is 262 Å². The first-order chi connectivity index (χ1) is 21.6. The van der Waals surface area contributed by atoms with Gasteiger partial charge in [0.25, 0.3) is 5.60 Å². The summed E-state index contributed by atoms with van der Waals surface area (Å²) in [4.78, 5) is 14.5. The van der Waals surface area contributed by atoms with Gasteiger partial charge in [0.05, 0.1) is 11.5 Å². The minimum absolute atomic E-state index is 0.00668. The Morgan fingerprint density at radius 1 is 0.826 bits per heavy atom. The van der Waals surface area contributed by atoms with E-state index in [0.717, 1.165) is 55.7 Å². The van der Waals surface area contributed by atoms with E-state index in [1.807, 2.05) is 0 Å². The van der Waals surface area contributed by atoms with E-state index in [1.165, 1.54) is 29.2 Å². The molecule has 0 unspecified atom stereocenters. The number of alkyl halides is 6. The van der Waals surface area contributed by atoms with Crippen LogP contribution in [-0.2, 0) is 36.3 Å². The number of hydrogen-bond donors (Lipinski definition) is 0. The molecule has 0 radical (unpaired) electrons. The molecule has 13 heteroatoms. The van der Waals surface area contributed by atoms with E-state index >= 15 is 0 Å². The van der Waals surface area contributed by atoms with E-state index < -0.39 is 50.5 Å². The molecule has 2 aliphatic rings.